The molecule has 6 N–H and O–H groups in total. The number of aldehydes is 1. The number of urea groups is 1. The Morgan fingerprint density at radius 3 is 2.31 bits per heavy atom. The number of nitrogens with zero attached hydrogens (tertiary/aromatic N) is 1. The molecule has 0 unspecified atom stereocenters. The van der Waals surface area contributed by atoms with Gasteiger partial charge in [0.25, 0.3) is 0 Å². The van der Waals surface area contributed by atoms with Crippen LogP contribution < -0.4 is 17.2 Å². The molecular weight excluding hydrogens is 172 g/mol. The van der Waals surface area contributed by atoms with Gasteiger partial charge in [-0.3, -0.25) is 9.78 Å². The number of hydrogen-bond donors (Lipinski definition) is 3. The number of nitrogens with two attached hydrogens (primary N) is 3. The first kappa shape index (κ1) is 10.9. The van der Waals surface area contributed by atoms with Gasteiger partial charge < -0.3 is 17.2 Å². The molecule has 0 spiro atoms. The van der Waals surface area contributed by atoms with E-state index in [9.17, 15) is 4.79 Å². The van der Waals surface area contributed by atoms with E-state index in [1.165, 1.54) is 6.20 Å². The molecular formula is C7H10N4O2. The Balaban J connectivity index is 0.000000310. The van der Waals surface area contributed by atoms with Gasteiger partial charge in [-0.2, -0.15) is 0 Å². The minimum atomic E-state index is -0.833. The summed E-state index contributed by atoms with van der Waals surface area (Å²) in [6.45, 7) is 0. The number of aromatic nitrogens is 1. The highest BCUT2D eigenvalue weighted by molar-refractivity contribution is 5.79. The zero-order chi connectivity index (χ0) is 10.3. The van der Waals surface area contributed by atoms with Crippen molar-refractivity contribution in [3.8, 4) is 0 Å². The van der Waals surface area contributed by atoms with E-state index in [2.05, 4.69) is 16.5 Å². The maximum absolute atomic E-state index is 10.1. The molecule has 0 atom stereocenters. The molecule has 6 nitrogen and oxygen atoms in total. The number of amides is 2. The Hall–Kier alpha value is -2.11. The summed E-state index contributed by atoms with van der Waals surface area (Å²) in [5, 5.41) is 0. The second-order valence-corrected chi connectivity index (χ2v) is 2.00. The van der Waals surface area contributed by atoms with Crippen LogP contribution in [-0.4, -0.2) is 17.3 Å². The Labute approximate surface area is 74.7 Å². The predicted octanol–water partition coefficient (Wildman–Crippen LogP) is -0.500. The molecule has 1 aromatic heterocycles. The maximum Gasteiger partial charge on any atom is 0.309 e. The zero-order valence-corrected chi connectivity index (χ0v) is 6.81. The largest absolute Gasteiger partial charge is 0.397 e. The molecule has 0 saturated heterocycles. The van der Waals surface area contributed by atoms with Crippen molar-refractivity contribution in [2.24, 2.45) is 11.5 Å². The highest BCUT2D eigenvalue weighted by Gasteiger charge is 1.92. The van der Waals surface area contributed by atoms with Crippen molar-refractivity contribution in [2.45, 2.75) is 0 Å². The van der Waals surface area contributed by atoms with E-state index in [0.717, 1.165) is 0 Å². The summed E-state index contributed by atoms with van der Waals surface area (Å²) in [5.41, 5.74) is 14.6. The van der Waals surface area contributed by atoms with E-state index < -0.39 is 6.03 Å². The summed E-state index contributed by atoms with van der Waals surface area (Å²) in [5.74, 6) is 0. The van der Waals surface area contributed by atoms with Crippen molar-refractivity contribution >= 4 is 18.0 Å². The maximum atomic E-state index is 10.1. The lowest BCUT2D eigenvalue weighted by Crippen LogP contribution is -2.18. The number of carbonyl (C=O) groups is 2. The Kier molecular flexibility index (Phi) is 4.63. The van der Waals surface area contributed by atoms with Gasteiger partial charge in [-0.05, 0) is 12.1 Å². The van der Waals surface area contributed by atoms with Gasteiger partial charge in [0.05, 0.1) is 5.69 Å². The fraction of sp³-hybridized carbons (Fsp3) is 0. The molecule has 2 amide bonds. The highest BCUT2D eigenvalue weighted by atomic mass is 16.2. The Bertz CT molecular complexity index is 296. The molecule has 70 valence electrons. The van der Waals surface area contributed by atoms with Gasteiger partial charge in [-0.1, -0.05) is 0 Å². The lowest BCUT2D eigenvalue weighted by molar-refractivity contribution is 0.112. The van der Waals surface area contributed by atoms with Gasteiger partial charge in [-0.15, -0.1) is 0 Å². The normalized spacial score (nSPS) is 8.00. The van der Waals surface area contributed by atoms with Crippen LogP contribution in [0.4, 0.5) is 10.5 Å². The first-order valence-corrected chi connectivity index (χ1v) is 3.28. The predicted molar refractivity (Wildman–Crippen MR) is 47.8 cm³/mol. The summed E-state index contributed by atoms with van der Waals surface area (Å²) < 4.78 is 0. The summed E-state index contributed by atoms with van der Waals surface area (Å²) in [6.07, 6.45) is 2.16. The van der Waals surface area contributed by atoms with Gasteiger partial charge in [0, 0.05) is 6.20 Å². The number of hydrogen-bond acceptors (Lipinski definition) is 4. The van der Waals surface area contributed by atoms with E-state index >= 15 is 0 Å². The number of anilines is 1. The number of primary amides is 2. The summed E-state index contributed by atoms with van der Waals surface area (Å²) in [6, 6.07) is 2.49. The van der Waals surface area contributed by atoms with E-state index in [1.807, 2.05) is 0 Å². The van der Waals surface area contributed by atoms with Crippen molar-refractivity contribution in [3.63, 3.8) is 0 Å². The van der Waals surface area contributed by atoms with Gasteiger partial charge in [-0.25, -0.2) is 4.79 Å². The molecule has 0 aliphatic rings. The van der Waals surface area contributed by atoms with Gasteiger partial charge >= 0.3 is 6.03 Å². The average Bonchev–Trinajstić information content (AvgIpc) is 2.04. The minimum Gasteiger partial charge on any atom is -0.397 e. The van der Waals surface area contributed by atoms with Crippen molar-refractivity contribution in [1.29, 1.82) is 0 Å². The molecule has 13 heavy (non-hydrogen) atoms. The van der Waals surface area contributed by atoms with Crippen LogP contribution >= 0.6 is 0 Å². The number of pyridine rings is 1. The van der Waals surface area contributed by atoms with E-state index in [-0.39, 0.29) is 0 Å². The third-order valence-corrected chi connectivity index (χ3v) is 0.983. The van der Waals surface area contributed by atoms with Gasteiger partial charge in [0.15, 0.2) is 6.29 Å². The first-order valence-electron chi connectivity index (χ1n) is 3.28. The van der Waals surface area contributed by atoms with Crippen LogP contribution in [0, 0.1) is 0 Å². The lowest BCUT2D eigenvalue weighted by Gasteiger charge is -1.91. The lowest BCUT2D eigenvalue weighted by atomic mass is 10.3. The van der Waals surface area contributed by atoms with Crippen molar-refractivity contribution < 1.29 is 9.59 Å². The van der Waals surface area contributed by atoms with Crippen LogP contribution in [0.15, 0.2) is 18.3 Å². The number of rotatable bonds is 1. The Morgan fingerprint density at radius 1 is 1.46 bits per heavy atom. The average molecular weight is 182 g/mol. The Morgan fingerprint density at radius 2 is 2.00 bits per heavy atom. The fourth-order valence-corrected chi connectivity index (χ4v) is 0.528. The van der Waals surface area contributed by atoms with E-state index in [4.69, 9.17) is 10.5 Å². The first-order chi connectivity index (χ1) is 6.07. The summed E-state index contributed by atoms with van der Waals surface area (Å²) in [7, 11) is 0. The third kappa shape index (κ3) is 5.19. The SMILES string of the molecule is NC(N)=O.Nc1cccnc1C=O. The van der Waals surface area contributed by atoms with Crippen LogP contribution in [-0.2, 0) is 0 Å². The molecule has 0 bridgehead atoms. The van der Waals surface area contributed by atoms with Gasteiger partial charge in [0.2, 0.25) is 0 Å². The van der Waals surface area contributed by atoms with Crippen molar-refractivity contribution in [1.82, 2.24) is 4.98 Å². The number of carbonyl (C=O) groups excluding carboxylic acids is 2. The standard InChI is InChI=1S/C6H6N2O.CH4N2O/c7-5-2-1-3-8-6(5)4-9;2-1(3)4/h1-4H,7H2;(H4,2,3,4). The smallest absolute Gasteiger partial charge is 0.309 e. The molecule has 0 aromatic carbocycles. The van der Waals surface area contributed by atoms with Gasteiger partial charge in [0.1, 0.15) is 5.69 Å². The molecule has 1 rings (SSSR count). The van der Waals surface area contributed by atoms with Crippen LogP contribution in [0.1, 0.15) is 10.5 Å². The zero-order valence-electron chi connectivity index (χ0n) is 6.81. The fourth-order valence-electron chi connectivity index (χ4n) is 0.528. The minimum absolute atomic E-state index is 0.303. The second kappa shape index (κ2) is 5.53. The summed E-state index contributed by atoms with van der Waals surface area (Å²) >= 11 is 0. The highest BCUT2D eigenvalue weighted by Crippen LogP contribution is 2.01. The molecule has 0 fully saturated rings. The van der Waals surface area contributed by atoms with E-state index in [0.29, 0.717) is 17.7 Å². The van der Waals surface area contributed by atoms with E-state index in [1.54, 1.807) is 12.1 Å². The molecule has 1 aromatic rings. The van der Waals surface area contributed by atoms with Crippen LogP contribution in [0.3, 0.4) is 0 Å². The molecule has 1 heterocycles. The van der Waals surface area contributed by atoms with Crippen LogP contribution in [0.25, 0.3) is 0 Å². The number of nitrogen functional groups attached to an aromatic ring is 1. The monoisotopic (exact) mass is 182 g/mol. The molecule has 0 aliphatic carbocycles. The molecule has 0 radical (unpaired) electrons. The topological polar surface area (TPSA) is 125 Å². The van der Waals surface area contributed by atoms with Crippen molar-refractivity contribution in [2.75, 3.05) is 5.73 Å². The molecule has 0 aliphatic heterocycles. The third-order valence-electron chi connectivity index (χ3n) is 0.983. The second-order valence-electron chi connectivity index (χ2n) is 2.00. The van der Waals surface area contributed by atoms with Crippen LogP contribution in [0.5, 0.6) is 0 Å². The molecule has 0 saturated carbocycles. The summed E-state index contributed by atoms with van der Waals surface area (Å²) in [4.78, 5) is 22.8. The quantitative estimate of drug-likeness (QED) is 0.506. The molecule has 6 heteroatoms. The van der Waals surface area contributed by atoms with Crippen molar-refractivity contribution in [3.05, 3.63) is 24.0 Å². The van der Waals surface area contributed by atoms with Crippen LogP contribution in [0.2, 0.25) is 0 Å².